The third-order valence-corrected chi connectivity index (χ3v) is 4.57. The maximum Gasteiger partial charge on any atom is 0.249 e. The molecule has 3 aromatic rings. The highest BCUT2D eigenvalue weighted by Gasteiger charge is 2.16. The van der Waals surface area contributed by atoms with E-state index >= 15 is 0 Å². The fourth-order valence-corrected chi connectivity index (χ4v) is 3.06. The van der Waals surface area contributed by atoms with Crippen LogP contribution in [0, 0.1) is 5.82 Å². The van der Waals surface area contributed by atoms with E-state index in [2.05, 4.69) is 15.5 Å². The molecule has 1 N–H and O–H groups in total. The Hall–Kier alpha value is -2.77. The van der Waals surface area contributed by atoms with Gasteiger partial charge in [-0.1, -0.05) is 42.8 Å². The molecule has 8 heteroatoms. The van der Waals surface area contributed by atoms with E-state index in [1.54, 1.807) is 18.2 Å². The first kappa shape index (κ1) is 21.0. The van der Waals surface area contributed by atoms with E-state index in [0.717, 1.165) is 12.0 Å². The number of halogens is 2. The summed E-state index contributed by atoms with van der Waals surface area (Å²) in [7, 11) is 0. The van der Waals surface area contributed by atoms with Crippen LogP contribution < -0.4 is 5.32 Å². The third kappa shape index (κ3) is 6.10. The van der Waals surface area contributed by atoms with Gasteiger partial charge in [-0.05, 0) is 42.8 Å². The molecule has 0 radical (unpaired) electrons. The SMILES string of the molecule is CCCN(CC(=O)NCc1ccc(F)cc1)Cc1nnc(-c2ccccc2Cl)o1. The molecule has 1 amide bonds. The van der Waals surface area contributed by atoms with Crippen LogP contribution in [-0.4, -0.2) is 34.1 Å². The molecule has 0 atom stereocenters. The van der Waals surface area contributed by atoms with Gasteiger partial charge in [0.25, 0.3) is 0 Å². The molecule has 0 aliphatic carbocycles. The third-order valence-electron chi connectivity index (χ3n) is 4.24. The number of carbonyl (C=O) groups excluding carboxylic acids is 1. The molecule has 0 saturated heterocycles. The number of carbonyl (C=O) groups is 1. The Kier molecular flexibility index (Phi) is 7.32. The maximum absolute atomic E-state index is 13.0. The Balaban J connectivity index is 1.57. The summed E-state index contributed by atoms with van der Waals surface area (Å²) in [5.41, 5.74) is 1.51. The second-order valence-electron chi connectivity index (χ2n) is 6.59. The molecular formula is C21H22ClFN4O2. The molecule has 152 valence electrons. The number of rotatable bonds is 9. The summed E-state index contributed by atoms with van der Waals surface area (Å²) < 4.78 is 18.7. The number of aromatic nitrogens is 2. The number of nitrogens with zero attached hydrogens (tertiary/aromatic N) is 3. The van der Waals surface area contributed by atoms with Crippen LogP contribution in [0.15, 0.2) is 52.9 Å². The van der Waals surface area contributed by atoms with Gasteiger partial charge in [0.2, 0.25) is 17.7 Å². The van der Waals surface area contributed by atoms with Crippen LogP contribution in [0.1, 0.15) is 24.8 Å². The van der Waals surface area contributed by atoms with E-state index < -0.39 is 0 Å². The van der Waals surface area contributed by atoms with Crippen LogP contribution in [-0.2, 0) is 17.9 Å². The van der Waals surface area contributed by atoms with E-state index in [9.17, 15) is 9.18 Å². The second-order valence-corrected chi connectivity index (χ2v) is 7.00. The number of benzene rings is 2. The van der Waals surface area contributed by atoms with Crippen molar-refractivity contribution in [2.24, 2.45) is 0 Å². The topological polar surface area (TPSA) is 71.3 Å². The average Bonchev–Trinajstić information content (AvgIpc) is 3.16. The lowest BCUT2D eigenvalue weighted by Crippen LogP contribution is -2.37. The summed E-state index contributed by atoms with van der Waals surface area (Å²) in [4.78, 5) is 14.3. The summed E-state index contributed by atoms with van der Waals surface area (Å²) in [6.07, 6.45) is 0.872. The summed E-state index contributed by atoms with van der Waals surface area (Å²) in [6.45, 7) is 3.63. The second kappa shape index (κ2) is 10.1. The van der Waals surface area contributed by atoms with Crippen molar-refractivity contribution in [3.63, 3.8) is 0 Å². The molecule has 0 fully saturated rings. The fraction of sp³-hybridized carbons (Fsp3) is 0.286. The van der Waals surface area contributed by atoms with Gasteiger partial charge in [0.1, 0.15) is 5.82 Å². The van der Waals surface area contributed by atoms with Crippen molar-refractivity contribution < 1.29 is 13.6 Å². The van der Waals surface area contributed by atoms with E-state index in [-0.39, 0.29) is 18.3 Å². The lowest BCUT2D eigenvalue weighted by molar-refractivity contribution is -0.122. The fourth-order valence-electron chi connectivity index (χ4n) is 2.84. The van der Waals surface area contributed by atoms with Crippen LogP contribution in [0.5, 0.6) is 0 Å². The molecular weight excluding hydrogens is 395 g/mol. The van der Waals surface area contributed by atoms with Crippen molar-refractivity contribution in [2.75, 3.05) is 13.1 Å². The number of hydrogen-bond donors (Lipinski definition) is 1. The molecule has 0 unspecified atom stereocenters. The van der Waals surface area contributed by atoms with Crippen LogP contribution in [0.3, 0.4) is 0 Å². The number of hydrogen-bond acceptors (Lipinski definition) is 5. The minimum absolute atomic E-state index is 0.131. The van der Waals surface area contributed by atoms with Crippen molar-refractivity contribution in [2.45, 2.75) is 26.4 Å². The minimum atomic E-state index is -0.301. The van der Waals surface area contributed by atoms with E-state index in [1.165, 1.54) is 12.1 Å². The van der Waals surface area contributed by atoms with Crippen LogP contribution in [0.4, 0.5) is 4.39 Å². The van der Waals surface area contributed by atoms with Crippen molar-refractivity contribution in [3.05, 3.63) is 70.8 Å². The quantitative estimate of drug-likeness (QED) is 0.569. The average molecular weight is 417 g/mol. The van der Waals surface area contributed by atoms with Gasteiger partial charge in [0, 0.05) is 6.54 Å². The summed E-state index contributed by atoms with van der Waals surface area (Å²) in [5.74, 6) is 0.334. The molecule has 0 aliphatic heterocycles. The normalized spacial score (nSPS) is 11.0. The van der Waals surface area contributed by atoms with E-state index in [1.807, 2.05) is 30.0 Å². The minimum Gasteiger partial charge on any atom is -0.419 e. The Bertz CT molecular complexity index is 946. The highest BCUT2D eigenvalue weighted by atomic mass is 35.5. The first-order valence-electron chi connectivity index (χ1n) is 9.36. The van der Waals surface area contributed by atoms with Crippen molar-refractivity contribution >= 4 is 17.5 Å². The molecule has 1 heterocycles. The Labute approximate surface area is 173 Å². The largest absolute Gasteiger partial charge is 0.419 e. The molecule has 2 aromatic carbocycles. The van der Waals surface area contributed by atoms with Crippen LogP contribution >= 0.6 is 11.6 Å². The zero-order valence-corrected chi connectivity index (χ0v) is 16.8. The van der Waals surface area contributed by atoms with Crippen molar-refractivity contribution in [1.29, 1.82) is 0 Å². The molecule has 3 rings (SSSR count). The highest BCUT2D eigenvalue weighted by Crippen LogP contribution is 2.26. The lowest BCUT2D eigenvalue weighted by Gasteiger charge is -2.19. The molecule has 1 aromatic heterocycles. The van der Waals surface area contributed by atoms with Gasteiger partial charge in [-0.3, -0.25) is 9.69 Å². The van der Waals surface area contributed by atoms with Crippen molar-refractivity contribution in [3.8, 4) is 11.5 Å². The first-order valence-corrected chi connectivity index (χ1v) is 9.73. The zero-order valence-electron chi connectivity index (χ0n) is 16.1. The Morgan fingerprint density at radius 2 is 1.93 bits per heavy atom. The number of amides is 1. The van der Waals surface area contributed by atoms with E-state index in [4.69, 9.17) is 16.0 Å². The van der Waals surface area contributed by atoms with Gasteiger partial charge >= 0.3 is 0 Å². The zero-order chi connectivity index (χ0) is 20.6. The maximum atomic E-state index is 13.0. The smallest absolute Gasteiger partial charge is 0.249 e. The van der Waals surface area contributed by atoms with Gasteiger partial charge in [-0.15, -0.1) is 10.2 Å². The van der Waals surface area contributed by atoms with Gasteiger partial charge in [0.05, 0.1) is 23.7 Å². The number of nitrogens with one attached hydrogen (secondary N) is 1. The van der Waals surface area contributed by atoms with Gasteiger partial charge in [0.15, 0.2) is 0 Å². The summed E-state index contributed by atoms with van der Waals surface area (Å²) in [5, 5.41) is 11.5. The predicted molar refractivity (Wildman–Crippen MR) is 109 cm³/mol. The lowest BCUT2D eigenvalue weighted by atomic mass is 10.2. The highest BCUT2D eigenvalue weighted by molar-refractivity contribution is 6.33. The Morgan fingerprint density at radius 1 is 1.17 bits per heavy atom. The monoisotopic (exact) mass is 416 g/mol. The predicted octanol–water partition coefficient (Wildman–Crippen LogP) is 4.06. The van der Waals surface area contributed by atoms with Crippen LogP contribution in [0.2, 0.25) is 5.02 Å². The Morgan fingerprint density at radius 3 is 2.66 bits per heavy atom. The first-order chi connectivity index (χ1) is 14.0. The van der Waals surface area contributed by atoms with Gasteiger partial charge in [-0.2, -0.15) is 0 Å². The van der Waals surface area contributed by atoms with Crippen LogP contribution in [0.25, 0.3) is 11.5 Å². The van der Waals surface area contributed by atoms with Crippen molar-refractivity contribution in [1.82, 2.24) is 20.4 Å². The van der Waals surface area contributed by atoms with E-state index in [0.29, 0.717) is 42.0 Å². The summed E-state index contributed by atoms with van der Waals surface area (Å²) in [6, 6.07) is 13.3. The standard InChI is InChI=1S/C21H22ClFN4O2/c1-2-11-27(13-19(28)24-12-15-7-9-16(23)10-8-15)14-20-25-26-21(29-20)17-5-3-4-6-18(17)22/h3-10H,2,11-14H2,1H3,(H,24,28). The molecule has 6 nitrogen and oxygen atoms in total. The molecule has 0 aliphatic rings. The molecule has 29 heavy (non-hydrogen) atoms. The van der Waals surface area contributed by atoms with Gasteiger partial charge < -0.3 is 9.73 Å². The summed E-state index contributed by atoms with van der Waals surface area (Å²) >= 11 is 6.17. The van der Waals surface area contributed by atoms with Gasteiger partial charge in [-0.25, -0.2) is 4.39 Å². The molecule has 0 spiro atoms. The molecule has 0 saturated carbocycles. The molecule has 0 bridgehead atoms.